The van der Waals surface area contributed by atoms with Gasteiger partial charge >= 0.3 is 0 Å². The molecule has 0 nitrogen and oxygen atoms in total. The zero-order chi connectivity index (χ0) is 22.3. The number of allylic oxidation sites excluding steroid dienone is 8. The minimum Gasteiger partial charge on any atom is -0.121 e. The summed E-state index contributed by atoms with van der Waals surface area (Å²) in [5.41, 5.74) is 6.59. The van der Waals surface area contributed by atoms with Gasteiger partial charge in [-0.15, -0.1) is 11.5 Å². The highest BCUT2D eigenvalue weighted by Crippen LogP contribution is 2.48. The van der Waals surface area contributed by atoms with Crippen molar-refractivity contribution < 1.29 is 0 Å². The predicted molar refractivity (Wildman–Crippen MR) is 147 cm³/mol. The molecule has 0 saturated carbocycles. The molecule has 160 valence electrons. The third-order valence-corrected chi connectivity index (χ3v) is 9.79. The number of hydrogen-bond acceptors (Lipinski definition) is 0. The Morgan fingerprint density at radius 1 is 0.812 bits per heavy atom. The summed E-state index contributed by atoms with van der Waals surface area (Å²) in [5, 5.41) is 4.24. The first-order valence-corrected chi connectivity index (χ1v) is 14.2. The average molecular weight is 453 g/mol. The second-order valence-electron chi connectivity index (χ2n) is 7.24. The maximum atomic E-state index is 3.69. The van der Waals surface area contributed by atoms with Gasteiger partial charge < -0.3 is 0 Å². The molecule has 0 aliphatic heterocycles. The fraction of sp³-hybridized carbons (Fsp3) is 0.133. The SMILES string of the molecule is C=CC=C=C/C=C/P(CCCCP(c1ccccc1)c1ccccc1)C1=C=CC=CC=C1. The molecule has 2 heteroatoms. The molecule has 0 N–H and O–H groups in total. The molecular formula is C30H30P2. The van der Waals surface area contributed by atoms with E-state index in [9.17, 15) is 0 Å². The molecule has 2 aromatic rings. The molecule has 0 saturated heterocycles. The zero-order valence-electron chi connectivity index (χ0n) is 18.5. The third kappa shape index (κ3) is 8.09. The Hall–Kier alpha value is -2.70. The quantitative estimate of drug-likeness (QED) is 0.140. The molecule has 32 heavy (non-hydrogen) atoms. The van der Waals surface area contributed by atoms with Crippen molar-refractivity contribution in [2.75, 3.05) is 12.3 Å². The summed E-state index contributed by atoms with van der Waals surface area (Å²) < 4.78 is 0. The fourth-order valence-corrected chi connectivity index (χ4v) is 7.75. The maximum Gasteiger partial charge on any atom is 0.0213 e. The monoisotopic (exact) mass is 452 g/mol. The first-order chi connectivity index (χ1) is 15.9. The van der Waals surface area contributed by atoms with Crippen molar-refractivity contribution in [1.82, 2.24) is 0 Å². The molecular weight excluding hydrogens is 422 g/mol. The lowest BCUT2D eigenvalue weighted by Gasteiger charge is -2.19. The van der Waals surface area contributed by atoms with E-state index in [1.54, 1.807) is 6.08 Å². The van der Waals surface area contributed by atoms with Crippen LogP contribution in [0, 0.1) is 0 Å². The van der Waals surface area contributed by atoms with E-state index >= 15 is 0 Å². The summed E-state index contributed by atoms with van der Waals surface area (Å²) in [4.78, 5) is 0. The normalized spacial score (nSPS) is 13.5. The van der Waals surface area contributed by atoms with Crippen LogP contribution < -0.4 is 10.6 Å². The maximum absolute atomic E-state index is 3.69. The highest BCUT2D eigenvalue weighted by atomic mass is 31.1. The van der Waals surface area contributed by atoms with E-state index in [4.69, 9.17) is 0 Å². The number of rotatable bonds is 11. The van der Waals surface area contributed by atoms with Crippen LogP contribution in [0.5, 0.6) is 0 Å². The molecule has 1 aliphatic carbocycles. The standard InChI is InChI=1S/C30H30P2/c1-2-3-4-7-16-25-31(28-19-10-5-6-11-20-28)26-17-18-27-32(29-21-12-8-13-22-29)30-23-14-9-15-24-30/h2-3,5-16,19,21-25H,1,17-18,26-27H2/b25-16+. The minimum absolute atomic E-state index is 0.312. The van der Waals surface area contributed by atoms with Gasteiger partial charge in [0.1, 0.15) is 0 Å². The van der Waals surface area contributed by atoms with Gasteiger partial charge in [-0.25, -0.2) is 0 Å². The Morgan fingerprint density at radius 2 is 1.50 bits per heavy atom. The van der Waals surface area contributed by atoms with Crippen LogP contribution in [0.4, 0.5) is 0 Å². The fourth-order valence-electron chi connectivity index (χ4n) is 3.40. The lowest BCUT2D eigenvalue weighted by Crippen LogP contribution is -2.14. The van der Waals surface area contributed by atoms with Crippen LogP contribution in [0.15, 0.2) is 145 Å². The number of benzene rings is 2. The molecule has 2 aromatic carbocycles. The van der Waals surface area contributed by atoms with Gasteiger partial charge in [0.05, 0.1) is 0 Å². The van der Waals surface area contributed by atoms with Crippen LogP contribution in [0.2, 0.25) is 0 Å². The highest BCUT2D eigenvalue weighted by Gasteiger charge is 2.14. The minimum atomic E-state index is -0.393. The Bertz CT molecular complexity index is 1020. The second kappa shape index (κ2) is 14.4. The van der Waals surface area contributed by atoms with Crippen LogP contribution in [0.25, 0.3) is 0 Å². The van der Waals surface area contributed by atoms with Crippen molar-refractivity contribution >= 4 is 26.5 Å². The summed E-state index contributed by atoms with van der Waals surface area (Å²) in [6.07, 6.45) is 23.0. The van der Waals surface area contributed by atoms with E-state index in [2.05, 4.69) is 109 Å². The topological polar surface area (TPSA) is 0 Å². The molecule has 1 unspecified atom stereocenters. The van der Waals surface area contributed by atoms with Crippen molar-refractivity contribution in [3.63, 3.8) is 0 Å². The lowest BCUT2D eigenvalue weighted by atomic mass is 10.4. The molecule has 0 radical (unpaired) electrons. The van der Waals surface area contributed by atoms with Crippen LogP contribution >= 0.6 is 15.8 Å². The third-order valence-electron chi connectivity index (χ3n) is 4.95. The van der Waals surface area contributed by atoms with Crippen LogP contribution in [-0.4, -0.2) is 12.3 Å². The van der Waals surface area contributed by atoms with E-state index in [1.807, 2.05) is 24.3 Å². The number of hydrogen-bond donors (Lipinski definition) is 0. The van der Waals surface area contributed by atoms with E-state index in [-0.39, 0.29) is 7.92 Å². The van der Waals surface area contributed by atoms with Crippen molar-refractivity contribution in [1.29, 1.82) is 0 Å². The molecule has 0 spiro atoms. The second-order valence-corrected chi connectivity index (χ2v) is 11.7. The molecule has 0 heterocycles. The van der Waals surface area contributed by atoms with Crippen molar-refractivity contribution in [3.05, 3.63) is 145 Å². The number of unbranched alkanes of at least 4 members (excludes halogenated alkanes) is 1. The van der Waals surface area contributed by atoms with Crippen LogP contribution in [0.1, 0.15) is 12.8 Å². The molecule has 0 aromatic heterocycles. The predicted octanol–water partition coefficient (Wildman–Crippen LogP) is 7.96. The van der Waals surface area contributed by atoms with Gasteiger partial charge in [0.15, 0.2) is 0 Å². The molecule has 0 fully saturated rings. The van der Waals surface area contributed by atoms with Crippen molar-refractivity contribution in [2.24, 2.45) is 0 Å². The van der Waals surface area contributed by atoms with E-state index < -0.39 is 7.92 Å². The van der Waals surface area contributed by atoms with Gasteiger partial charge in [0, 0.05) is 5.31 Å². The summed E-state index contributed by atoms with van der Waals surface area (Å²) in [6, 6.07) is 22.0. The zero-order valence-corrected chi connectivity index (χ0v) is 20.3. The lowest BCUT2D eigenvalue weighted by molar-refractivity contribution is 0.901. The molecule has 0 bridgehead atoms. The Labute approximate surface area is 196 Å². The Morgan fingerprint density at radius 3 is 2.19 bits per heavy atom. The van der Waals surface area contributed by atoms with E-state index in [0.29, 0.717) is 0 Å². The largest absolute Gasteiger partial charge is 0.121 e. The van der Waals surface area contributed by atoms with E-state index in [1.165, 1.54) is 41.1 Å². The molecule has 0 amide bonds. The first-order valence-electron chi connectivity index (χ1n) is 11.0. The van der Waals surface area contributed by atoms with E-state index in [0.717, 1.165) is 0 Å². The van der Waals surface area contributed by atoms with Gasteiger partial charge in [0.2, 0.25) is 0 Å². The van der Waals surface area contributed by atoms with Gasteiger partial charge in [-0.2, -0.15) is 0 Å². The Balaban J connectivity index is 1.66. The smallest absolute Gasteiger partial charge is 0.0213 e. The molecule has 3 rings (SSSR count). The average Bonchev–Trinajstić information content (AvgIpc) is 3.13. The highest BCUT2D eigenvalue weighted by molar-refractivity contribution is 7.73. The summed E-state index contributed by atoms with van der Waals surface area (Å²) in [6.45, 7) is 3.69. The first kappa shape index (κ1) is 24.0. The molecule has 1 atom stereocenters. The van der Waals surface area contributed by atoms with Crippen LogP contribution in [0.3, 0.4) is 0 Å². The Kier molecular flexibility index (Phi) is 10.8. The van der Waals surface area contributed by atoms with Gasteiger partial charge in [-0.3, -0.25) is 0 Å². The summed E-state index contributed by atoms with van der Waals surface area (Å²) >= 11 is 0. The van der Waals surface area contributed by atoms with Crippen molar-refractivity contribution in [2.45, 2.75) is 12.8 Å². The van der Waals surface area contributed by atoms with Gasteiger partial charge in [-0.1, -0.05) is 103 Å². The van der Waals surface area contributed by atoms with Crippen molar-refractivity contribution in [3.8, 4) is 0 Å². The summed E-state index contributed by atoms with van der Waals surface area (Å²) in [5.74, 6) is 2.34. The summed E-state index contributed by atoms with van der Waals surface area (Å²) in [7, 11) is -0.704. The molecule has 1 aliphatic rings. The van der Waals surface area contributed by atoms with Gasteiger partial charge in [-0.05, 0) is 75.9 Å². The van der Waals surface area contributed by atoms with Gasteiger partial charge in [0.25, 0.3) is 0 Å². The van der Waals surface area contributed by atoms with Crippen LogP contribution in [-0.2, 0) is 0 Å².